The van der Waals surface area contributed by atoms with Crippen LogP contribution in [0.2, 0.25) is 0 Å². The molecule has 0 aliphatic rings. The second kappa shape index (κ2) is 75.9. The molecule has 42 nitrogen and oxygen atoms in total. The zero-order valence-corrected chi connectivity index (χ0v) is 73.2. The van der Waals surface area contributed by atoms with Crippen LogP contribution in [0, 0.1) is 10.8 Å². The van der Waals surface area contributed by atoms with E-state index in [0.29, 0.717) is 39.3 Å². The van der Waals surface area contributed by atoms with Crippen LogP contribution in [0.15, 0.2) is 20.5 Å². The van der Waals surface area contributed by atoms with Gasteiger partial charge in [0.15, 0.2) is 0 Å². The number of nitrogens with one attached hydrogen (secondary N) is 8. The smallest absolute Gasteiger partial charge is 0.380 e. The van der Waals surface area contributed by atoms with Crippen LogP contribution in [0.5, 0.6) is 0 Å². The van der Waals surface area contributed by atoms with Crippen LogP contribution < -0.4 is 77.8 Å². The van der Waals surface area contributed by atoms with Crippen molar-refractivity contribution in [2.45, 2.75) is 118 Å². The molecule has 106 heavy (non-hydrogen) atoms. The molecule has 0 radical (unpaired) electrons. The van der Waals surface area contributed by atoms with E-state index in [1.165, 1.54) is 32.6 Å². The number of rotatable bonds is 56. The van der Waals surface area contributed by atoms with Crippen LogP contribution in [0.25, 0.3) is 57.7 Å². The van der Waals surface area contributed by atoms with Crippen LogP contribution in [0.1, 0.15) is 69.2 Å². The van der Waals surface area contributed by atoms with Gasteiger partial charge in [-0.1, -0.05) is 100 Å². The summed E-state index contributed by atoms with van der Waals surface area (Å²) in [6.07, 6.45) is 0. The molecule has 49 heteroatoms. The second-order valence-electron chi connectivity index (χ2n) is 21.7. The maximum Gasteiger partial charge on any atom is 1.00 e. The summed E-state index contributed by atoms with van der Waals surface area (Å²) in [7, 11) is 0. The number of nitrogens with two attached hydrogens (primary N) is 1. The second-order valence-corrected chi connectivity index (χ2v) is 29.4. The van der Waals surface area contributed by atoms with Crippen molar-refractivity contribution in [1.82, 2.24) is 42.5 Å². The van der Waals surface area contributed by atoms with E-state index in [4.69, 9.17) is 81.6 Å². The average Bonchev–Trinajstić information content (AvgIpc) is 0.873. The molecule has 9 atom stereocenters. The van der Waals surface area contributed by atoms with Gasteiger partial charge in [-0.15, -0.1) is 0 Å². The van der Waals surface area contributed by atoms with Crippen LogP contribution in [0.4, 0.5) is 0 Å². The molecule has 0 aromatic heterocycles. The molecule has 0 aliphatic carbocycles. The third kappa shape index (κ3) is 68.7. The molecule has 0 aromatic rings. The SMILES string of the molecule is CC(Br)C(=O)Br.CC(Br)C(=O)NCCOCC(COCCNC(=O)C(C)Br)(COCCNC(=O)C(C)Br)COCCNC(=O)C(C)Br.CC(N=[N+]=[N-])C(=O)NCCOCC(COCCNC(=O)C(C)N=[N+]=[N-])(COCCNC(=O)C(C)N=[N+]=[N-])COCCNC(=O)C(C)N=[N+]=[N-].CCOCCN.[N-]=[N+]=[N-].[Na+]. The summed E-state index contributed by atoms with van der Waals surface area (Å²) in [5, 5.41) is 34.8. The molecule has 0 saturated heterocycles. The largest absolute Gasteiger partial charge is 1.00 e. The van der Waals surface area contributed by atoms with Gasteiger partial charge in [0.25, 0.3) is 0 Å². The number of nitrogens with zero attached hydrogens (tertiary/aromatic N) is 15. The number of amides is 8. The maximum absolute atomic E-state index is 12.0. The molecule has 0 heterocycles. The van der Waals surface area contributed by atoms with E-state index in [2.05, 4.69) is 178 Å². The van der Waals surface area contributed by atoms with E-state index in [1.807, 2.05) is 6.92 Å². The van der Waals surface area contributed by atoms with Crippen molar-refractivity contribution in [2.75, 3.05) is 178 Å². The van der Waals surface area contributed by atoms with E-state index < -0.39 is 58.6 Å². The van der Waals surface area contributed by atoms with Gasteiger partial charge >= 0.3 is 29.6 Å². The van der Waals surface area contributed by atoms with E-state index in [0.717, 1.165) is 6.61 Å². The first-order valence-electron chi connectivity index (χ1n) is 32.4. The molecular weight excluding hydrogens is 1810 g/mol. The van der Waals surface area contributed by atoms with Crippen molar-refractivity contribution in [3.05, 3.63) is 57.7 Å². The third-order valence-corrected chi connectivity index (χ3v) is 15.7. The first-order chi connectivity index (χ1) is 49.7. The summed E-state index contributed by atoms with van der Waals surface area (Å²) in [5.41, 5.74) is 50.9. The van der Waals surface area contributed by atoms with Crippen LogP contribution >= 0.6 is 95.6 Å². The van der Waals surface area contributed by atoms with E-state index in [9.17, 15) is 43.2 Å². The number of carbonyl (C=O) groups excluding carboxylic acids is 9. The molecule has 0 bridgehead atoms. The van der Waals surface area contributed by atoms with Gasteiger partial charge in [0.05, 0.1) is 147 Å². The molecule has 8 amide bonds. The fraction of sp³-hybridized carbons (Fsp3) is 0.842. The van der Waals surface area contributed by atoms with Crippen LogP contribution in [-0.4, -0.2) is 278 Å². The molecule has 0 aromatic carbocycles. The molecule has 0 fully saturated rings. The Hall–Kier alpha value is -4.54. The molecule has 602 valence electrons. The van der Waals surface area contributed by atoms with Crippen LogP contribution in [0.3, 0.4) is 0 Å². The van der Waals surface area contributed by atoms with Crippen LogP contribution in [-0.2, 0) is 85.8 Å². The number of halogens is 6. The summed E-state index contributed by atoms with van der Waals surface area (Å²) in [4.78, 5) is 116. The molecule has 0 aliphatic heterocycles. The predicted octanol–water partition coefficient (Wildman–Crippen LogP) is 2.48. The molecule has 9 unspecified atom stereocenters. The van der Waals surface area contributed by atoms with Gasteiger partial charge in [0.2, 0.25) is 51.9 Å². The first-order valence-corrected chi connectivity index (χ1v) is 37.8. The zero-order chi connectivity index (χ0) is 80.9. The number of alkyl halides is 5. The van der Waals surface area contributed by atoms with E-state index in [1.54, 1.807) is 34.6 Å². The van der Waals surface area contributed by atoms with Gasteiger partial charge in [-0.2, -0.15) is 0 Å². The fourth-order valence-corrected chi connectivity index (χ4v) is 7.33. The average molecular weight is 1920 g/mol. The molecule has 0 spiro atoms. The van der Waals surface area contributed by atoms with Gasteiger partial charge < -0.3 is 102 Å². The minimum atomic E-state index is -0.990. The van der Waals surface area contributed by atoms with E-state index >= 15 is 0 Å². The number of carbonyl (C=O) groups is 9. The van der Waals surface area contributed by atoms with Crippen molar-refractivity contribution in [3.63, 3.8) is 0 Å². The monoisotopic (exact) mass is 1910 g/mol. The minimum Gasteiger partial charge on any atom is -0.380 e. The van der Waals surface area contributed by atoms with Crippen molar-refractivity contribution >= 4 is 148 Å². The van der Waals surface area contributed by atoms with Gasteiger partial charge in [-0.05, 0) is 107 Å². The number of hydrogen-bond acceptors (Lipinski definition) is 23. The predicted molar refractivity (Wildman–Crippen MR) is 411 cm³/mol. The van der Waals surface area contributed by atoms with Crippen molar-refractivity contribution in [1.29, 1.82) is 0 Å². The number of azide groups is 4. The summed E-state index contributed by atoms with van der Waals surface area (Å²) >= 11 is 18.7. The molecule has 0 rings (SSSR count). The van der Waals surface area contributed by atoms with E-state index in [-0.39, 0.29) is 214 Å². The Morgan fingerprint density at radius 1 is 0.340 bits per heavy atom. The topological polar surface area (TPSA) is 613 Å². The van der Waals surface area contributed by atoms with Gasteiger partial charge in [0, 0.05) is 85.2 Å². The summed E-state index contributed by atoms with van der Waals surface area (Å²) in [5.74, 6) is -2.55. The standard InChI is InChI=1S/C25H44Br4N4O8.C25H44N16O8.C4H11NO.C3H4Br2O.N3.Na/c1-17(26)21(34)30-5-9-38-13-25(14-39-10-6-31-22(35)18(2)27,15-40-11-7-32-23(36)19(3)28)16-41-12-8-33-24(37)20(4)29;1-17(34-38-26)21(42)30-5-9-46-13-25(14-47-10-6-31-22(43)18(2)35-39-27,15-48-11-7-32-23(44)19(3)36-40-28)16-49-12-8-33-24(45)20(4)37-41-29;1-2-6-4-3-5;1-2(4)3(5)6;1-3-2;/h17-20H,5-16H2,1-4H3,(H,30,34)(H,31,35)(H,32,36)(H,33,37);17-20H,5-16H2,1-4H3,(H,30,42)(H,31,43)(H,32,44)(H,33,45);2-5H2,1H3;2H,1H3;;/q;;;;-1;+1. The normalized spacial score (nSPS) is 13.9. The summed E-state index contributed by atoms with van der Waals surface area (Å²) < 4.78 is 51.9. The Labute approximate surface area is 689 Å². The quantitative estimate of drug-likeness (QED) is 0.00803. The number of ether oxygens (including phenoxy) is 9. The van der Waals surface area contributed by atoms with Gasteiger partial charge in [-0.25, -0.2) is 0 Å². The summed E-state index contributed by atoms with van der Waals surface area (Å²) in [6, 6.07) is -3.67. The van der Waals surface area contributed by atoms with Crippen molar-refractivity contribution in [3.8, 4) is 0 Å². The Morgan fingerprint density at radius 3 is 0.613 bits per heavy atom. The zero-order valence-electron chi connectivity index (χ0n) is 61.7. The fourth-order valence-electron chi connectivity index (χ4n) is 6.68. The van der Waals surface area contributed by atoms with Gasteiger partial charge in [-0.3, -0.25) is 48.1 Å². The number of hydrogen-bond donors (Lipinski definition) is 9. The third-order valence-electron chi connectivity index (χ3n) is 12.3. The molecule has 0 saturated carbocycles. The Bertz CT molecular complexity index is 2370. The first kappa shape index (κ1) is 112. The Balaban J connectivity index is -0.000000394. The van der Waals surface area contributed by atoms with Crippen molar-refractivity contribution in [2.24, 2.45) is 37.0 Å². The van der Waals surface area contributed by atoms with Gasteiger partial charge in [0.1, 0.15) is 24.2 Å². The molecular formula is C57H103Br6N24NaO18. The van der Waals surface area contributed by atoms with Crippen molar-refractivity contribution < 1.29 is 115 Å². The minimum absolute atomic E-state index is 0. The maximum atomic E-state index is 12.0. The Kier molecular flexibility index (Phi) is 80.4. The Morgan fingerprint density at radius 2 is 0.500 bits per heavy atom. The molecule has 10 N–H and O–H groups in total. The summed E-state index contributed by atoms with van der Waals surface area (Å²) in [6.45, 7) is 22.0.